The molecule has 0 spiro atoms. The van der Waals surface area contributed by atoms with Gasteiger partial charge in [-0.25, -0.2) is 12.7 Å². The first-order chi connectivity index (χ1) is 12.2. The Morgan fingerprint density at radius 2 is 1.81 bits per heavy atom. The van der Waals surface area contributed by atoms with E-state index in [1.165, 1.54) is 20.2 Å². The lowest BCUT2D eigenvalue weighted by Crippen LogP contribution is -2.25. The Hall–Kier alpha value is -2.38. The quantitative estimate of drug-likeness (QED) is 0.806. The highest BCUT2D eigenvalue weighted by Gasteiger charge is 2.21. The summed E-state index contributed by atoms with van der Waals surface area (Å²) in [5.74, 6) is 0.525. The molecule has 0 unspecified atom stereocenters. The van der Waals surface area contributed by atoms with Crippen LogP contribution in [0.15, 0.2) is 53.4 Å². The van der Waals surface area contributed by atoms with Gasteiger partial charge in [0.1, 0.15) is 10.6 Å². The number of sulfonamides is 1. The number of amides is 1. The molecule has 26 heavy (non-hydrogen) atoms. The van der Waals surface area contributed by atoms with Crippen LogP contribution in [0.5, 0.6) is 5.75 Å². The van der Waals surface area contributed by atoms with Crippen LogP contribution in [0.3, 0.4) is 0 Å². The fourth-order valence-corrected chi connectivity index (χ4v) is 3.33. The van der Waals surface area contributed by atoms with E-state index in [2.05, 4.69) is 19.2 Å². The Kier molecular flexibility index (Phi) is 6.39. The van der Waals surface area contributed by atoms with Crippen LogP contribution < -0.4 is 10.1 Å². The predicted molar refractivity (Wildman–Crippen MR) is 102 cm³/mol. The summed E-state index contributed by atoms with van der Waals surface area (Å²) in [6.07, 6.45) is 0. The maximum absolute atomic E-state index is 12.4. The number of nitrogens with one attached hydrogen (secondary N) is 1. The Bertz CT molecular complexity index is 877. The lowest BCUT2D eigenvalue weighted by atomic mass is 10.0. The smallest absolute Gasteiger partial charge is 0.262 e. The standard InChI is InChI=1S/C19H24N2O4S/c1-14(2)15-8-7-9-16(12-15)25-13-19(22)20-17-10-5-6-11-18(17)26(23,24)21(3)4/h5-12,14H,13H2,1-4H3,(H,20,22). The molecule has 0 aliphatic carbocycles. The van der Waals surface area contributed by atoms with Gasteiger partial charge in [0.2, 0.25) is 10.0 Å². The van der Waals surface area contributed by atoms with Crippen molar-refractivity contribution in [2.45, 2.75) is 24.7 Å². The number of ether oxygens (including phenoxy) is 1. The molecule has 2 rings (SSSR count). The maximum atomic E-state index is 12.4. The van der Waals surface area contributed by atoms with E-state index in [-0.39, 0.29) is 17.2 Å². The molecule has 140 valence electrons. The average Bonchev–Trinajstić information content (AvgIpc) is 2.60. The topological polar surface area (TPSA) is 75.7 Å². The van der Waals surface area contributed by atoms with E-state index >= 15 is 0 Å². The molecule has 2 aromatic rings. The second kappa shape index (κ2) is 8.33. The van der Waals surface area contributed by atoms with E-state index in [1.54, 1.807) is 24.3 Å². The molecule has 1 amide bonds. The van der Waals surface area contributed by atoms with Gasteiger partial charge in [0.05, 0.1) is 5.69 Å². The van der Waals surface area contributed by atoms with Crippen LogP contribution in [0.1, 0.15) is 25.3 Å². The molecular formula is C19H24N2O4S. The Balaban J connectivity index is 2.09. The number of benzene rings is 2. The second-order valence-electron chi connectivity index (χ2n) is 6.35. The van der Waals surface area contributed by atoms with Crippen LogP contribution in [0.4, 0.5) is 5.69 Å². The van der Waals surface area contributed by atoms with Crippen LogP contribution in [-0.2, 0) is 14.8 Å². The van der Waals surface area contributed by atoms with Gasteiger partial charge in [-0.2, -0.15) is 0 Å². The summed E-state index contributed by atoms with van der Waals surface area (Å²) in [5, 5.41) is 2.61. The van der Waals surface area contributed by atoms with Gasteiger partial charge in [-0.15, -0.1) is 0 Å². The van der Waals surface area contributed by atoms with Crippen LogP contribution in [0, 0.1) is 0 Å². The average molecular weight is 376 g/mol. The summed E-state index contributed by atoms with van der Waals surface area (Å²) in [5.41, 5.74) is 1.34. The summed E-state index contributed by atoms with van der Waals surface area (Å²) in [4.78, 5) is 12.3. The third-order valence-electron chi connectivity index (χ3n) is 3.81. The minimum Gasteiger partial charge on any atom is -0.484 e. The van der Waals surface area contributed by atoms with Crippen molar-refractivity contribution in [1.29, 1.82) is 0 Å². The lowest BCUT2D eigenvalue weighted by Gasteiger charge is -2.16. The SMILES string of the molecule is CC(C)c1cccc(OCC(=O)Nc2ccccc2S(=O)(=O)N(C)C)c1. The van der Waals surface area contributed by atoms with Crippen molar-refractivity contribution < 1.29 is 17.9 Å². The summed E-state index contributed by atoms with van der Waals surface area (Å²) < 4.78 is 31.4. The van der Waals surface area contributed by atoms with Gasteiger partial charge in [0.15, 0.2) is 6.61 Å². The number of hydrogen-bond donors (Lipinski definition) is 1. The number of anilines is 1. The first-order valence-electron chi connectivity index (χ1n) is 8.26. The molecule has 0 bridgehead atoms. The Labute approximate surface area is 154 Å². The van der Waals surface area contributed by atoms with E-state index in [0.717, 1.165) is 9.87 Å². The number of rotatable bonds is 7. The third kappa shape index (κ3) is 4.83. The molecular weight excluding hydrogens is 352 g/mol. The molecule has 0 saturated carbocycles. The Morgan fingerprint density at radius 3 is 2.46 bits per heavy atom. The number of para-hydroxylation sites is 1. The number of carbonyl (C=O) groups is 1. The summed E-state index contributed by atoms with van der Waals surface area (Å²) in [6.45, 7) is 3.94. The van der Waals surface area contributed by atoms with Gasteiger partial charge in [0, 0.05) is 14.1 Å². The molecule has 0 aliphatic rings. The van der Waals surface area contributed by atoms with Crippen molar-refractivity contribution in [3.05, 3.63) is 54.1 Å². The minimum absolute atomic E-state index is 0.0418. The van der Waals surface area contributed by atoms with Crippen molar-refractivity contribution in [3.63, 3.8) is 0 Å². The molecule has 2 aromatic carbocycles. The highest BCUT2D eigenvalue weighted by atomic mass is 32.2. The molecule has 0 fully saturated rings. The molecule has 0 aromatic heterocycles. The van der Waals surface area contributed by atoms with Crippen LogP contribution in [0.2, 0.25) is 0 Å². The molecule has 0 saturated heterocycles. The zero-order chi connectivity index (χ0) is 19.3. The molecule has 0 aliphatic heterocycles. The highest BCUT2D eigenvalue weighted by molar-refractivity contribution is 7.89. The zero-order valence-corrected chi connectivity index (χ0v) is 16.2. The van der Waals surface area contributed by atoms with Crippen LogP contribution in [0.25, 0.3) is 0 Å². The van der Waals surface area contributed by atoms with Crippen molar-refractivity contribution in [2.24, 2.45) is 0 Å². The van der Waals surface area contributed by atoms with E-state index in [1.807, 2.05) is 18.2 Å². The van der Waals surface area contributed by atoms with Crippen LogP contribution >= 0.6 is 0 Å². The van der Waals surface area contributed by atoms with E-state index in [4.69, 9.17) is 4.74 Å². The first-order valence-corrected chi connectivity index (χ1v) is 9.70. The number of nitrogens with zero attached hydrogens (tertiary/aromatic N) is 1. The molecule has 7 heteroatoms. The molecule has 0 heterocycles. The minimum atomic E-state index is -3.66. The molecule has 6 nitrogen and oxygen atoms in total. The van der Waals surface area contributed by atoms with Gasteiger partial charge in [0.25, 0.3) is 5.91 Å². The van der Waals surface area contributed by atoms with E-state index in [9.17, 15) is 13.2 Å². The normalized spacial score (nSPS) is 11.6. The summed E-state index contributed by atoms with van der Waals surface area (Å²) in [6, 6.07) is 13.8. The fraction of sp³-hybridized carbons (Fsp3) is 0.316. The van der Waals surface area contributed by atoms with Gasteiger partial charge < -0.3 is 10.1 Å². The molecule has 0 radical (unpaired) electrons. The number of hydrogen-bond acceptors (Lipinski definition) is 4. The summed E-state index contributed by atoms with van der Waals surface area (Å²) in [7, 11) is -0.771. The maximum Gasteiger partial charge on any atom is 0.262 e. The van der Waals surface area contributed by atoms with Crippen molar-refractivity contribution in [2.75, 3.05) is 26.0 Å². The largest absolute Gasteiger partial charge is 0.484 e. The second-order valence-corrected chi connectivity index (χ2v) is 8.47. The lowest BCUT2D eigenvalue weighted by molar-refractivity contribution is -0.118. The molecule has 1 N–H and O–H groups in total. The predicted octanol–water partition coefficient (Wildman–Crippen LogP) is 3.08. The third-order valence-corrected chi connectivity index (χ3v) is 5.69. The van der Waals surface area contributed by atoms with Gasteiger partial charge in [-0.3, -0.25) is 4.79 Å². The van der Waals surface area contributed by atoms with E-state index < -0.39 is 15.9 Å². The van der Waals surface area contributed by atoms with Gasteiger partial charge >= 0.3 is 0 Å². The van der Waals surface area contributed by atoms with E-state index in [0.29, 0.717) is 11.7 Å². The van der Waals surface area contributed by atoms with Crippen molar-refractivity contribution in [1.82, 2.24) is 4.31 Å². The molecule has 0 atom stereocenters. The summed E-state index contributed by atoms with van der Waals surface area (Å²) >= 11 is 0. The Morgan fingerprint density at radius 1 is 1.12 bits per heavy atom. The first kappa shape index (κ1) is 19.9. The highest BCUT2D eigenvalue weighted by Crippen LogP contribution is 2.23. The van der Waals surface area contributed by atoms with Gasteiger partial charge in [-0.1, -0.05) is 38.1 Å². The van der Waals surface area contributed by atoms with Crippen molar-refractivity contribution in [3.8, 4) is 5.75 Å². The van der Waals surface area contributed by atoms with Crippen molar-refractivity contribution >= 4 is 21.6 Å². The van der Waals surface area contributed by atoms with Crippen LogP contribution in [-0.4, -0.2) is 39.3 Å². The number of carbonyl (C=O) groups excluding carboxylic acids is 1. The monoisotopic (exact) mass is 376 g/mol. The fourth-order valence-electron chi connectivity index (χ4n) is 2.29. The van der Waals surface area contributed by atoms with Gasteiger partial charge in [-0.05, 0) is 35.7 Å². The zero-order valence-electron chi connectivity index (χ0n) is 15.4.